The number of ether oxygens (including phenoxy) is 1. The van der Waals surface area contributed by atoms with Crippen molar-refractivity contribution >= 4 is 23.2 Å². The molecule has 1 aromatic rings. The molecule has 1 saturated carbocycles. The highest BCUT2D eigenvalue weighted by atomic mass is 35.5. The maximum atomic E-state index is 12.3. The third-order valence-corrected chi connectivity index (χ3v) is 5.07. The maximum absolute atomic E-state index is 12.3. The van der Waals surface area contributed by atoms with Crippen molar-refractivity contribution in [3.63, 3.8) is 0 Å². The zero-order valence-electron chi connectivity index (χ0n) is 13.5. The predicted molar refractivity (Wildman–Crippen MR) is 93.1 cm³/mol. The first-order valence-corrected chi connectivity index (χ1v) is 9.00. The van der Waals surface area contributed by atoms with Gasteiger partial charge in [-0.25, -0.2) is 0 Å². The van der Waals surface area contributed by atoms with Gasteiger partial charge in [-0.15, -0.1) is 0 Å². The lowest BCUT2D eigenvalue weighted by Gasteiger charge is -2.36. The van der Waals surface area contributed by atoms with Gasteiger partial charge in [-0.05, 0) is 37.1 Å². The summed E-state index contributed by atoms with van der Waals surface area (Å²) in [5.41, 5.74) is 1.17. The molecule has 1 aliphatic heterocycles. The van der Waals surface area contributed by atoms with E-state index in [0.717, 1.165) is 44.0 Å². The van der Waals surface area contributed by atoms with Gasteiger partial charge in [0.25, 0.3) is 0 Å². The summed E-state index contributed by atoms with van der Waals surface area (Å²) < 4.78 is 5.80. The highest BCUT2D eigenvalue weighted by Gasteiger charge is 2.22. The fraction of sp³-hybridized carbons (Fsp3) is 0.611. The molecule has 126 valence electrons. The first-order valence-electron chi connectivity index (χ1n) is 8.62. The van der Waals surface area contributed by atoms with Crippen molar-refractivity contribution in [2.45, 2.75) is 38.2 Å². The van der Waals surface area contributed by atoms with Crippen LogP contribution in [0.5, 0.6) is 0 Å². The van der Waals surface area contributed by atoms with E-state index in [-0.39, 0.29) is 12.5 Å². The summed E-state index contributed by atoms with van der Waals surface area (Å²) in [6.45, 7) is 3.48. The zero-order valence-corrected chi connectivity index (χ0v) is 14.3. The van der Waals surface area contributed by atoms with E-state index in [1.54, 1.807) is 0 Å². The quantitative estimate of drug-likeness (QED) is 0.845. The van der Waals surface area contributed by atoms with Crippen molar-refractivity contribution in [1.82, 2.24) is 4.90 Å². The summed E-state index contributed by atoms with van der Waals surface area (Å²) in [4.78, 5) is 16.5. The summed E-state index contributed by atoms with van der Waals surface area (Å²) in [6.07, 6.45) is 6.29. The number of hydrogen-bond acceptors (Lipinski definition) is 3. The number of amides is 1. The van der Waals surface area contributed by atoms with Crippen molar-refractivity contribution in [3.8, 4) is 0 Å². The van der Waals surface area contributed by atoms with E-state index in [2.05, 4.69) is 4.90 Å². The van der Waals surface area contributed by atoms with Gasteiger partial charge >= 0.3 is 0 Å². The van der Waals surface area contributed by atoms with Crippen LogP contribution in [0.15, 0.2) is 24.3 Å². The van der Waals surface area contributed by atoms with Crippen molar-refractivity contribution in [1.29, 1.82) is 0 Å². The summed E-state index contributed by atoms with van der Waals surface area (Å²) >= 11 is 5.93. The van der Waals surface area contributed by atoms with Crippen molar-refractivity contribution in [2.75, 3.05) is 37.7 Å². The molecular weight excluding hydrogens is 312 g/mol. The number of carbonyl (C=O) groups is 1. The Hall–Kier alpha value is -1.26. The number of rotatable bonds is 4. The SMILES string of the molecule is O=C(COC1CCCCC1)N1CCN(c2ccc(Cl)cc2)CC1. The molecule has 5 heteroatoms. The Morgan fingerprint density at radius 1 is 1.04 bits per heavy atom. The number of carbonyl (C=O) groups excluding carboxylic acids is 1. The smallest absolute Gasteiger partial charge is 0.248 e. The molecule has 1 aliphatic carbocycles. The van der Waals surface area contributed by atoms with E-state index >= 15 is 0 Å². The van der Waals surface area contributed by atoms with Gasteiger partial charge in [0.1, 0.15) is 6.61 Å². The molecule has 0 N–H and O–H groups in total. The van der Waals surface area contributed by atoms with Gasteiger partial charge in [0.2, 0.25) is 5.91 Å². The number of nitrogens with zero attached hydrogens (tertiary/aromatic N) is 2. The fourth-order valence-corrected chi connectivity index (χ4v) is 3.50. The van der Waals surface area contributed by atoms with Gasteiger partial charge in [-0.1, -0.05) is 30.9 Å². The molecular formula is C18H25ClN2O2. The second kappa shape index (κ2) is 8.02. The number of anilines is 1. The van der Waals surface area contributed by atoms with E-state index in [0.29, 0.717) is 6.10 Å². The molecule has 3 rings (SSSR count). The molecule has 0 atom stereocenters. The Labute approximate surface area is 143 Å². The first kappa shape index (κ1) is 16.6. The lowest BCUT2D eigenvalue weighted by atomic mass is 9.98. The average Bonchev–Trinajstić information content (AvgIpc) is 2.61. The summed E-state index contributed by atoms with van der Waals surface area (Å²) in [6, 6.07) is 7.89. The molecule has 1 heterocycles. The minimum absolute atomic E-state index is 0.131. The van der Waals surface area contributed by atoms with Crippen molar-refractivity contribution in [2.24, 2.45) is 0 Å². The van der Waals surface area contributed by atoms with E-state index in [4.69, 9.17) is 16.3 Å². The number of halogens is 1. The number of hydrogen-bond donors (Lipinski definition) is 0. The van der Waals surface area contributed by atoms with Crippen LogP contribution in [0.3, 0.4) is 0 Å². The van der Waals surface area contributed by atoms with Crippen LogP contribution < -0.4 is 4.90 Å². The van der Waals surface area contributed by atoms with Gasteiger partial charge in [0.15, 0.2) is 0 Å². The van der Waals surface area contributed by atoms with Gasteiger partial charge < -0.3 is 14.5 Å². The molecule has 1 aromatic carbocycles. The average molecular weight is 337 g/mol. The lowest BCUT2D eigenvalue weighted by Crippen LogP contribution is -2.50. The van der Waals surface area contributed by atoms with E-state index < -0.39 is 0 Å². The van der Waals surface area contributed by atoms with Crippen molar-refractivity contribution in [3.05, 3.63) is 29.3 Å². The van der Waals surface area contributed by atoms with Gasteiger partial charge in [0, 0.05) is 36.9 Å². The van der Waals surface area contributed by atoms with Crippen LogP contribution in [0, 0.1) is 0 Å². The number of benzene rings is 1. The van der Waals surface area contributed by atoms with Crippen molar-refractivity contribution < 1.29 is 9.53 Å². The monoisotopic (exact) mass is 336 g/mol. The van der Waals surface area contributed by atoms with Crippen LogP contribution in [0.25, 0.3) is 0 Å². The van der Waals surface area contributed by atoms with Gasteiger partial charge in [-0.2, -0.15) is 0 Å². The van der Waals surface area contributed by atoms with E-state index in [9.17, 15) is 4.79 Å². The minimum atomic E-state index is 0.131. The topological polar surface area (TPSA) is 32.8 Å². The molecule has 2 fully saturated rings. The maximum Gasteiger partial charge on any atom is 0.248 e. The molecule has 0 bridgehead atoms. The zero-order chi connectivity index (χ0) is 16.1. The largest absolute Gasteiger partial charge is 0.368 e. The molecule has 1 saturated heterocycles. The van der Waals surface area contributed by atoms with Crippen LogP contribution >= 0.6 is 11.6 Å². The first-order chi connectivity index (χ1) is 11.2. The predicted octanol–water partition coefficient (Wildman–Crippen LogP) is 3.34. The summed E-state index contributed by atoms with van der Waals surface area (Å²) in [5.74, 6) is 0.131. The Kier molecular flexibility index (Phi) is 5.79. The normalized spacial score (nSPS) is 19.9. The Morgan fingerprint density at radius 2 is 1.70 bits per heavy atom. The molecule has 0 aromatic heterocycles. The summed E-state index contributed by atoms with van der Waals surface area (Å²) in [7, 11) is 0. The molecule has 0 radical (unpaired) electrons. The Balaban J connectivity index is 1.42. The van der Waals surface area contributed by atoms with Crippen LogP contribution in [0.1, 0.15) is 32.1 Å². The Morgan fingerprint density at radius 3 is 2.35 bits per heavy atom. The lowest BCUT2D eigenvalue weighted by molar-refractivity contribution is -0.139. The third-order valence-electron chi connectivity index (χ3n) is 4.82. The fourth-order valence-electron chi connectivity index (χ4n) is 3.38. The van der Waals surface area contributed by atoms with Gasteiger partial charge in [-0.3, -0.25) is 4.79 Å². The minimum Gasteiger partial charge on any atom is -0.368 e. The molecule has 23 heavy (non-hydrogen) atoms. The molecule has 0 spiro atoms. The van der Waals surface area contributed by atoms with E-state index in [1.165, 1.54) is 24.9 Å². The summed E-state index contributed by atoms with van der Waals surface area (Å²) in [5, 5.41) is 0.752. The van der Waals surface area contributed by atoms with Gasteiger partial charge in [0.05, 0.1) is 6.10 Å². The molecule has 0 unspecified atom stereocenters. The van der Waals surface area contributed by atoms with Crippen LogP contribution in [-0.2, 0) is 9.53 Å². The number of piperazine rings is 1. The second-order valence-corrected chi connectivity index (χ2v) is 6.85. The molecule has 1 amide bonds. The standard InChI is InChI=1S/C18H25ClN2O2/c19-15-6-8-16(9-7-15)20-10-12-21(13-11-20)18(22)14-23-17-4-2-1-3-5-17/h6-9,17H,1-5,10-14H2. The second-order valence-electron chi connectivity index (χ2n) is 6.42. The highest BCUT2D eigenvalue weighted by Crippen LogP contribution is 2.21. The van der Waals surface area contributed by atoms with Crippen LogP contribution in [0.2, 0.25) is 5.02 Å². The van der Waals surface area contributed by atoms with E-state index in [1.807, 2.05) is 29.2 Å². The third kappa shape index (κ3) is 4.61. The van der Waals surface area contributed by atoms with Crippen LogP contribution in [0.4, 0.5) is 5.69 Å². The Bertz CT molecular complexity index is 506. The van der Waals surface area contributed by atoms with Crippen LogP contribution in [-0.4, -0.2) is 49.7 Å². The highest BCUT2D eigenvalue weighted by molar-refractivity contribution is 6.30. The molecule has 2 aliphatic rings. The molecule has 4 nitrogen and oxygen atoms in total.